The normalized spacial score (nSPS) is 10.9. The Bertz CT molecular complexity index is 1390. The van der Waals surface area contributed by atoms with Gasteiger partial charge in [0.15, 0.2) is 14.8 Å². The molecule has 0 saturated heterocycles. The van der Waals surface area contributed by atoms with Crippen LogP contribution in [0.1, 0.15) is 5.56 Å². The Morgan fingerprint density at radius 2 is 2.10 bits per heavy atom. The first-order chi connectivity index (χ1) is 14.9. The lowest BCUT2D eigenvalue weighted by Gasteiger charge is -2.08. The maximum absolute atomic E-state index is 12.6. The lowest BCUT2D eigenvalue weighted by atomic mass is 10.2. The number of amides is 1. The number of fused-ring (bicyclic) bond motifs is 1. The second kappa shape index (κ2) is 9.04. The van der Waals surface area contributed by atoms with Crippen molar-refractivity contribution in [2.75, 3.05) is 18.2 Å². The smallest absolute Gasteiger partial charge is 0.271 e. The van der Waals surface area contributed by atoms with Gasteiger partial charge in [-0.25, -0.2) is 4.98 Å². The molecule has 0 fully saturated rings. The van der Waals surface area contributed by atoms with E-state index in [0.717, 1.165) is 28.7 Å². The Morgan fingerprint density at radius 1 is 1.29 bits per heavy atom. The molecule has 0 radical (unpaired) electrons. The fourth-order valence-corrected chi connectivity index (χ4v) is 4.92. The summed E-state index contributed by atoms with van der Waals surface area (Å²) in [5.41, 5.74) is 2.70. The number of aryl methyl sites for hydroxylation is 1. The van der Waals surface area contributed by atoms with Crippen molar-refractivity contribution in [3.05, 3.63) is 68.4 Å². The van der Waals surface area contributed by atoms with E-state index in [4.69, 9.17) is 17.0 Å². The van der Waals surface area contributed by atoms with Gasteiger partial charge in [-0.2, -0.15) is 0 Å². The number of ether oxygens (including phenoxy) is 1. The maximum atomic E-state index is 12.6. The van der Waals surface area contributed by atoms with Gasteiger partial charge in [-0.05, 0) is 49.0 Å². The van der Waals surface area contributed by atoms with E-state index in [1.54, 1.807) is 11.7 Å². The first kappa shape index (κ1) is 21.3. The molecule has 31 heavy (non-hydrogen) atoms. The van der Waals surface area contributed by atoms with Gasteiger partial charge in [0, 0.05) is 11.8 Å². The molecular formula is C21H18N4O3S3. The van der Waals surface area contributed by atoms with E-state index in [-0.39, 0.29) is 17.2 Å². The quantitative estimate of drug-likeness (QED) is 0.244. The van der Waals surface area contributed by atoms with Crippen molar-refractivity contribution in [3.8, 4) is 11.4 Å². The van der Waals surface area contributed by atoms with Gasteiger partial charge in [0.05, 0.1) is 18.6 Å². The molecule has 158 valence electrons. The molecule has 4 aromatic rings. The summed E-state index contributed by atoms with van der Waals surface area (Å²) in [6.07, 6.45) is 0. The Morgan fingerprint density at radius 3 is 2.87 bits per heavy atom. The zero-order valence-electron chi connectivity index (χ0n) is 16.7. The number of rotatable bonds is 6. The van der Waals surface area contributed by atoms with E-state index in [9.17, 15) is 9.59 Å². The molecule has 0 aliphatic carbocycles. The lowest BCUT2D eigenvalue weighted by Crippen LogP contribution is -2.15. The predicted molar refractivity (Wildman–Crippen MR) is 127 cm³/mol. The molecule has 2 N–H and O–H groups in total. The van der Waals surface area contributed by atoms with Gasteiger partial charge >= 0.3 is 0 Å². The number of nitrogens with one attached hydrogen (secondary N) is 2. The standard InChI is InChI=1S/C21H18N4O3S3/c1-12-5-3-6-13(9-12)22-16(26)11-30-20-23-18-17(19(27)24-20)31-21(29)25(18)14-7-4-8-15(10-14)28-2/h3-10H,11H2,1-2H3,(H,22,26)(H,23,24,27). The fourth-order valence-electron chi connectivity index (χ4n) is 2.99. The van der Waals surface area contributed by atoms with E-state index in [1.807, 2.05) is 55.5 Å². The number of nitrogens with zero attached hydrogens (tertiary/aromatic N) is 2. The van der Waals surface area contributed by atoms with Crippen molar-refractivity contribution in [1.82, 2.24) is 14.5 Å². The summed E-state index contributed by atoms with van der Waals surface area (Å²) in [7, 11) is 1.59. The lowest BCUT2D eigenvalue weighted by molar-refractivity contribution is -0.113. The van der Waals surface area contributed by atoms with E-state index < -0.39 is 0 Å². The molecule has 2 aromatic carbocycles. The molecule has 0 unspecified atom stereocenters. The highest BCUT2D eigenvalue weighted by molar-refractivity contribution is 7.99. The summed E-state index contributed by atoms with van der Waals surface area (Å²) in [4.78, 5) is 32.2. The van der Waals surface area contributed by atoms with Gasteiger partial charge in [-0.15, -0.1) is 0 Å². The summed E-state index contributed by atoms with van der Waals surface area (Å²) in [5.74, 6) is 0.589. The monoisotopic (exact) mass is 470 g/mol. The van der Waals surface area contributed by atoms with Crippen LogP contribution in [0.2, 0.25) is 0 Å². The van der Waals surface area contributed by atoms with Gasteiger partial charge in [-0.1, -0.05) is 41.3 Å². The molecule has 4 rings (SSSR count). The van der Waals surface area contributed by atoms with Gasteiger partial charge in [0.1, 0.15) is 10.4 Å². The average Bonchev–Trinajstić information content (AvgIpc) is 3.09. The predicted octanol–water partition coefficient (Wildman–Crippen LogP) is 4.55. The molecule has 0 saturated carbocycles. The summed E-state index contributed by atoms with van der Waals surface area (Å²) in [5, 5.41) is 3.19. The highest BCUT2D eigenvalue weighted by atomic mass is 32.2. The Kier molecular flexibility index (Phi) is 6.21. The third kappa shape index (κ3) is 4.71. The number of methoxy groups -OCH3 is 1. The number of anilines is 1. The van der Waals surface area contributed by atoms with E-state index >= 15 is 0 Å². The molecule has 0 bridgehead atoms. The summed E-state index contributed by atoms with van der Waals surface area (Å²) < 4.78 is 7.96. The van der Waals surface area contributed by atoms with Crippen molar-refractivity contribution in [1.29, 1.82) is 0 Å². The largest absolute Gasteiger partial charge is 0.497 e. The molecule has 2 heterocycles. The zero-order valence-corrected chi connectivity index (χ0v) is 19.1. The van der Waals surface area contributed by atoms with Crippen LogP contribution in [0.15, 0.2) is 58.5 Å². The van der Waals surface area contributed by atoms with Crippen molar-refractivity contribution in [2.24, 2.45) is 0 Å². The van der Waals surface area contributed by atoms with Crippen LogP contribution >= 0.6 is 35.3 Å². The summed E-state index contributed by atoms with van der Waals surface area (Å²) in [6.45, 7) is 1.96. The number of aromatic nitrogens is 3. The third-order valence-corrected chi connectivity index (χ3v) is 6.61. The summed E-state index contributed by atoms with van der Waals surface area (Å²) >= 11 is 7.83. The van der Waals surface area contributed by atoms with Crippen LogP contribution in [0, 0.1) is 10.9 Å². The SMILES string of the molecule is COc1cccc(-n2c(=S)sc3c(=O)[nH]c(SCC(=O)Nc4cccc(C)c4)nc32)c1. The molecule has 0 aliphatic rings. The minimum absolute atomic E-state index is 0.104. The molecule has 1 amide bonds. The second-order valence-corrected chi connectivity index (χ2v) is 9.24. The molecule has 2 aromatic heterocycles. The van der Waals surface area contributed by atoms with E-state index in [1.165, 1.54) is 11.3 Å². The van der Waals surface area contributed by atoms with Crippen molar-refractivity contribution >= 4 is 57.3 Å². The number of hydrogen-bond donors (Lipinski definition) is 2. The van der Waals surface area contributed by atoms with Crippen LogP contribution in [0.25, 0.3) is 16.0 Å². The fraction of sp³-hybridized carbons (Fsp3) is 0.143. The number of thioether (sulfide) groups is 1. The summed E-state index contributed by atoms with van der Waals surface area (Å²) in [6, 6.07) is 14.9. The number of thiazole rings is 1. The maximum Gasteiger partial charge on any atom is 0.271 e. The molecule has 0 aliphatic heterocycles. The van der Waals surface area contributed by atoms with E-state index in [0.29, 0.717) is 25.2 Å². The van der Waals surface area contributed by atoms with E-state index in [2.05, 4.69) is 15.3 Å². The highest BCUT2D eigenvalue weighted by Gasteiger charge is 2.15. The zero-order chi connectivity index (χ0) is 22.0. The number of H-pyrrole nitrogens is 1. The first-order valence-corrected chi connectivity index (χ1v) is 11.5. The van der Waals surface area contributed by atoms with Crippen LogP contribution in [0.3, 0.4) is 0 Å². The Labute approximate surface area is 191 Å². The Balaban J connectivity index is 1.61. The number of benzene rings is 2. The minimum atomic E-state index is -0.288. The van der Waals surface area contributed by atoms with Crippen LogP contribution in [0.5, 0.6) is 5.75 Å². The average molecular weight is 471 g/mol. The van der Waals surface area contributed by atoms with Gasteiger partial charge in [0.25, 0.3) is 5.56 Å². The minimum Gasteiger partial charge on any atom is -0.497 e. The molecule has 0 atom stereocenters. The highest BCUT2D eigenvalue weighted by Crippen LogP contribution is 2.26. The number of hydrogen-bond acceptors (Lipinski definition) is 7. The number of carbonyl (C=O) groups excluding carboxylic acids is 1. The number of aromatic amines is 1. The molecular weight excluding hydrogens is 452 g/mol. The van der Waals surface area contributed by atoms with Gasteiger partial charge < -0.3 is 15.0 Å². The van der Waals surface area contributed by atoms with Crippen molar-refractivity contribution in [2.45, 2.75) is 12.1 Å². The number of carbonyl (C=O) groups is 1. The topological polar surface area (TPSA) is 89.0 Å². The first-order valence-electron chi connectivity index (χ1n) is 9.24. The molecule has 10 heteroatoms. The third-order valence-electron chi connectivity index (χ3n) is 4.37. The molecule has 7 nitrogen and oxygen atoms in total. The van der Waals surface area contributed by atoms with Crippen LogP contribution in [-0.4, -0.2) is 33.3 Å². The molecule has 0 spiro atoms. The second-order valence-electron chi connectivity index (χ2n) is 6.64. The Hall–Kier alpha value is -2.95. The van der Waals surface area contributed by atoms with Crippen LogP contribution < -0.4 is 15.6 Å². The van der Waals surface area contributed by atoms with Crippen LogP contribution in [0.4, 0.5) is 5.69 Å². The van der Waals surface area contributed by atoms with Crippen molar-refractivity contribution < 1.29 is 9.53 Å². The van der Waals surface area contributed by atoms with Gasteiger partial charge in [-0.3, -0.25) is 14.2 Å². The van der Waals surface area contributed by atoms with Gasteiger partial charge in [0.2, 0.25) is 5.91 Å². The van der Waals surface area contributed by atoms with Crippen molar-refractivity contribution in [3.63, 3.8) is 0 Å². The van der Waals surface area contributed by atoms with Crippen LogP contribution in [-0.2, 0) is 4.79 Å².